The first kappa shape index (κ1) is 11.8. The Bertz CT molecular complexity index is 468. The number of ketones is 1. The van der Waals surface area contributed by atoms with Gasteiger partial charge in [-0.3, -0.25) is 14.5 Å². The number of carbonyl (C=O) groups is 2. The molecule has 1 heterocycles. The van der Waals surface area contributed by atoms with Crippen LogP contribution in [-0.4, -0.2) is 23.8 Å². The quantitative estimate of drug-likeness (QED) is 0.823. The Morgan fingerprint density at radius 3 is 2.65 bits per heavy atom. The van der Waals surface area contributed by atoms with E-state index in [9.17, 15) is 9.59 Å². The van der Waals surface area contributed by atoms with Crippen LogP contribution in [0.3, 0.4) is 0 Å². The second-order valence-corrected chi connectivity index (χ2v) is 4.46. The zero-order chi connectivity index (χ0) is 12.6. The highest BCUT2D eigenvalue weighted by atomic mass is 16.2. The van der Waals surface area contributed by atoms with Crippen LogP contribution in [0.25, 0.3) is 0 Å². The van der Waals surface area contributed by atoms with Gasteiger partial charge in [0.2, 0.25) is 5.91 Å². The molecule has 1 amide bonds. The molecular formula is C13H16N2O2. The minimum Gasteiger partial charge on any atom is -0.320 e. The van der Waals surface area contributed by atoms with E-state index in [0.29, 0.717) is 6.42 Å². The number of amides is 1. The maximum atomic E-state index is 12.1. The van der Waals surface area contributed by atoms with Crippen molar-refractivity contribution >= 4 is 17.4 Å². The van der Waals surface area contributed by atoms with Gasteiger partial charge in [-0.2, -0.15) is 0 Å². The van der Waals surface area contributed by atoms with Gasteiger partial charge in [-0.25, -0.2) is 0 Å². The number of rotatable bonds is 2. The maximum Gasteiger partial charge on any atom is 0.244 e. The van der Waals surface area contributed by atoms with Crippen molar-refractivity contribution in [1.82, 2.24) is 0 Å². The molecule has 0 saturated heterocycles. The van der Waals surface area contributed by atoms with Crippen LogP contribution in [0.5, 0.6) is 0 Å². The average Bonchev–Trinajstić information content (AvgIpc) is 2.67. The van der Waals surface area contributed by atoms with Gasteiger partial charge in [0.15, 0.2) is 5.78 Å². The number of hydrogen-bond acceptors (Lipinski definition) is 3. The summed E-state index contributed by atoms with van der Waals surface area (Å²) in [6.45, 7) is 3.15. The Morgan fingerprint density at radius 2 is 2.06 bits per heavy atom. The fraction of sp³-hybridized carbons (Fsp3) is 0.385. The highest BCUT2D eigenvalue weighted by Crippen LogP contribution is 2.32. The van der Waals surface area contributed by atoms with Crippen molar-refractivity contribution in [2.75, 3.05) is 4.90 Å². The molecule has 1 aromatic carbocycles. The molecule has 4 nitrogen and oxygen atoms in total. The molecule has 2 rings (SSSR count). The van der Waals surface area contributed by atoms with Crippen molar-refractivity contribution < 1.29 is 9.59 Å². The SMILES string of the molecule is CC(=O)[C@@H]1Cc2ccccc2N1C(=O)[C@H](C)N. The number of nitrogens with zero attached hydrogens (tertiary/aromatic N) is 1. The predicted octanol–water partition coefficient (Wildman–Crippen LogP) is 0.881. The highest BCUT2D eigenvalue weighted by Gasteiger charge is 2.37. The van der Waals surface area contributed by atoms with E-state index >= 15 is 0 Å². The molecule has 0 radical (unpaired) electrons. The molecule has 0 spiro atoms. The van der Waals surface area contributed by atoms with Gasteiger partial charge < -0.3 is 5.73 Å². The highest BCUT2D eigenvalue weighted by molar-refractivity contribution is 6.05. The molecule has 1 aromatic rings. The van der Waals surface area contributed by atoms with Crippen molar-refractivity contribution in [1.29, 1.82) is 0 Å². The van der Waals surface area contributed by atoms with E-state index in [-0.39, 0.29) is 11.7 Å². The second kappa shape index (κ2) is 4.30. The monoisotopic (exact) mass is 232 g/mol. The van der Waals surface area contributed by atoms with Gasteiger partial charge in [0.25, 0.3) is 0 Å². The van der Waals surface area contributed by atoms with Gasteiger partial charge in [-0.15, -0.1) is 0 Å². The number of Topliss-reactive ketones (excluding diaryl/α,β-unsaturated/α-hetero) is 1. The fourth-order valence-electron chi connectivity index (χ4n) is 2.20. The zero-order valence-corrected chi connectivity index (χ0v) is 10.0. The summed E-state index contributed by atoms with van der Waals surface area (Å²) in [6, 6.07) is 6.59. The normalized spacial score (nSPS) is 19.9. The molecule has 90 valence electrons. The van der Waals surface area contributed by atoms with E-state index in [0.717, 1.165) is 11.3 Å². The van der Waals surface area contributed by atoms with Crippen LogP contribution >= 0.6 is 0 Å². The Hall–Kier alpha value is -1.68. The van der Waals surface area contributed by atoms with Crippen LogP contribution in [0.4, 0.5) is 5.69 Å². The Labute approximate surface area is 100 Å². The Kier molecular flexibility index (Phi) is 2.98. The molecule has 0 saturated carbocycles. The third-order valence-corrected chi connectivity index (χ3v) is 3.07. The summed E-state index contributed by atoms with van der Waals surface area (Å²) in [6.07, 6.45) is 0.587. The second-order valence-electron chi connectivity index (χ2n) is 4.46. The molecular weight excluding hydrogens is 216 g/mol. The molecule has 1 aliphatic rings. The summed E-state index contributed by atoms with van der Waals surface area (Å²) in [5.41, 5.74) is 7.48. The largest absolute Gasteiger partial charge is 0.320 e. The van der Waals surface area contributed by atoms with Gasteiger partial charge >= 0.3 is 0 Å². The zero-order valence-electron chi connectivity index (χ0n) is 10.0. The standard InChI is InChI=1S/C13H16N2O2/c1-8(14)13(17)15-11-6-4-3-5-10(11)7-12(15)9(2)16/h3-6,8,12H,7,14H2,1-2H3/t8-,12-/m0/s1. The first-order valence-corrected chi connectivity index (χ1v) is 5.69. The van der Waals surface area contributed by atoms with Crippen LogP contribution < -0.4 is 10.6 Å². The summed E-state index contributed by atoms with van der Waals surface area (Å²) in [5.74, 6) is -0.203. The van der Waals surface area contributed by atoms with Crippen LogP contribution in [0.15, 0.2) is 24.3 Å². The van der Waals surface area contributed by atoms with Crippen LogP contribution in [0.1, 0.15) is 19.4 Å². The first-order valence-electron chi connectivity index (χ1n) is 5.69. The number of benzene rings is 1. The topological polar surface area (TPSA) is 63.4 Å². The minimum absolute atomic E-state index is 0.00444. The molecule has 0 bridgehead atoms. The third kappa shape index (κ3) is 1.96. The van der Waals surface area contributed by atoms with E-state index in [4.69, 9.17) is 5.73 Å². The number of fused-ring (bicyclic) bond motifs is 1. The van der Waals surface area contributed by atoms with Crippen molar-refractivity contribution in [2.45, 2.75) is 32.4 Å². The lowest BCUT2D eigenvalue weighted by Crippen LogP contribution is -2.48. The van der Waals surface area contributed by atoms with E-state index in [1.807, 2.05) is 24.3 Å². The van der Waals surface area contributed by atoms with Crippen LogP contribution in [-0.2, 0) is 16.0 Å². The Balaban J connectivity index is 2.44. The molecule has 1 aliphatic heterocycles. The first-order chi connectivity index (χ1) is 8.02. The summed E-state index contributed by atoms with van der Waals surface area (Å²) < 4.78 is 0. The van der Waals surface area contributed by atoms with Gasteiger partial charge in [-0.05, 0) is 25.5 Å². The molecule has 0 aliphatic carbocycles. The van der Waals surface area contributed by atoms with Crippen molar-refractivity contribution in [3.63, 3.8) is 0 Å². The van der Waals surface area contributed by atoms with Gasteiger partial charge in [0.1, 0.15) is 0 Å². The van der Waals surface area contributed by atoms with Crippen LogP contribution in [0.2, 0.25) is 0 Å². The number of anilines is 1. The van der Waals surface area contributed by atoms with Crippen LogP contribution in [0, 0.1) is 0 Å². The van der Waals surface area contributed by atoms with Gasteiger partial charge in [-0.1, -0.05) is 18.2 Å². The predicted molar refractivity (Wildman–Crippen MR) is 65.8 cm³/mol. The van der Waals surface area contributed by atoms with Gasteiger partial charge in [0.05, 0.1) is 12.1 Å². The smallest absolute Gasteiger partial charge is 0.244 e. The molecule has 17 heavy (non-hydrogen) atoms. The number of nitrogens with two attached hydrogens (primary N) is 1. The van der Waals surface area contributed by atoms with Gasteiger partial charge in [0, 0.05) is 12.1 Å². The molecule has 0 aromatic heterocycles. The molecule has 0 unspecified atom stereocenters. The third-order valence-electron chi connectivity index (χ3n) is 3.07. The summed E-state index contributed by atoms with van der Waals surface area (Å²) in [7, 11) is 0. The lowest BCUT2D eigenvalue weighted by atomic mass is 10.1. The minimum atomic E-state index is -0.594. The number of para-hydroxylation sites is 1. The van der Waals surface area contributed by atoms with E-state index in [2.05, 4.69) is 0 Å². The molecule has 2 atom stereocenters. The molecule has 0 fully saturated rings. The number of hydrogen-bond donors (Lipinski definition) is 1. The summed E-state index contributed by atoms with van der Waals surface area (Å²) >= 11 is 0. The van der Waals surface area contributed by atoms with Crippen molar-refractivity contribution in [2.24, 2.45) is 5.73 Å². The summed E-state index contributed by atoms with van der Waals surface area (Å²) in [5, 5.41) is 0. The number of carbonyl (C=O) groups excluding carboxylic acids is 2. The maximum absolute atomic E-state index is 12.1. The molecule has 4 heteroatoms. The Morgan fingerprint density at radius 1 is 1.41 bits per heavy atom. The van der Waals surface area contributed by atoms with E-state index < -0.39 is 12.1 Å². The average molecular weight is 232 g/mol. The fourth-order valence-corrected chi connectivity index (χ4v) is 2.20. The lowest BCUT2D eigenvalue weighted by Gasteiger charge is -2.25. The summed E-state index contributed by atoms with van der Waals surface area (Å²) in [4.78, 5) is 25.2. The van der Waals surface area contributed by atoms with E-state index in [1.165, 1.54) is 6.92 Å². The molecule has 2 N–H and O–H groups in total. The van der Waals surface area contributed by atoms with Crippen molar-refractivity contribution in [3.8, 4) is 0 Å². The van der Waals surface area contributed by atoms with E-state index in [1.54, 1.807) is 11.8 Å². The lowest BCUT2D eigenvalue weighted by molar-refractivity contribution is -0.124. The van der Waals surface area contributed by atoms with Crippen molar-refractivity contribution in [3.05, 3.63) is 29.8 Å².